The third-order valence-corrected chi connectivity index (χ3v) is 4.54. The lowest BCUT2D eigenvalue weighted by Gasteiger charge is -2.22. The number of nitrogens with zero attached hydrogens (tertiary/aromatic N) is 3. The lowest BCUT2D eigenvalue weighted by atomic mass is 9.82. The maximum atomic E-state index is 14.2. The highest BCUT2D eigenvalue weighted by molar-refractivity contribution is 5.94. The van der Waals surface area contributed by atoms with E-state index < -0.39 is 6.17 Å². The van der Waals surface area contributed by atoms with E-state index in [1.807, 2.05) is 30.3 Å². The van der Waals surface area contributed by atoms with Crippen LogP contribution in [0.2, 0.25) is 0 Å². The van der Waals surface area contributed by atoms with Crippen LogP contribution in [0.25, 0.3) is 0 Å². The molecule has 2 aliphatic rings. The molecule has 0 radical (unpaired) electrons. The summed E-state index contributed by atoms with van der Waals surface area (Å²) in [5.74, 6) is 0.507. The molecule has 0 amide bonds. The maximum Gasteiger partial charge on any atom is 0.217 e. The zero-order valence-corrected chi connectivity index (χ0v) is 11.6. The molecule has 1 aromatic carbocycles. The molecule has 4 nitrogen and oxygen atoms in total. The van der Waals surface area contributed by atoms with Crippen LogP contribution in [0.5, 0.6) is 0 Å². The first kappa shape index (κ1) is 12.7. The Kier molecular flexibility index (Phi) is 2.87. The molecule has 21 heavy (non-hydrogen) atoms. The number of benzene rings is 1. The number of hydrogen-bond acceptors (Lipinski definition) is 3. The third-order valence-electron chi connectivity index (χ3n) is 4.54. The first-order valence-electron chi connectivity index (χ1n) is 7.43. The first-order valence-corrected chi connectivity index (χ1v) is 7.43. The van der Waals surface area contributed by atoms with Gasteiger partial charge in [-0.1, -0.05) is 36.8 Å². The number of carbonyl (C=O) groups is 1. The van der Waals surface area contributed by atoms with Gasteiger partial charge in [-0.25, -0.2) is 14.1 Å². The number of ketones is 1. The van der Waals surface area contributed by atoms with E-state index in [-0.39, 0.29) is 23.6 Å². The Balaban J connectivity index is 1.69. The van der Waals surface area contributed by atoms with E-state index in [0.717, 1.165) is 24.8 Å². The molecule has 0 N–H and O–H groups in total. The smallest absolute Gasteiger partial charge is 0.217 e. The van der Waals surface area contributed by atoms with Gasteiger partial charge in [0, 0.05) is 12.3 Å². The molecular weight excluding hydrogens is 269 g/mol. The van der Waals surface area contributed by atoms with Crippen molar-refractivity contribution in [2.75, 3.05) is 0 Å². The van der Waals surface area contributed by atoms with Gasteiger partial charge in [0.2, 0.25) is 11.6 Å². The van der Waals surface area contributed by atoms with Gasteiger partial charge < -0.3 is 0 Å². The van der Waals surface area contributed by atoms with Crippen LogP contribution in [0.4, 0.5) is 4.39 Å². The first-order chi connectivity index (χ1) is 10.2. The van der Waals surface area contributed by atoms with Gasteiger partial charge in [0.15, 0.2) is 12.0 Å². The van der Waals surface area contributed by atoms with Crippen molar-refractivity contribution >= 4 is 5.78 Å². The molecule has 1 fully saturated rings. The second kappa shape index (κ2) is 4.76. The Morgan fingerprint density at radius 2 is 2.00 bits per heavy atom. The highest BCUT2D eigenvalue weighted by Crippen LogP contribution is 2.39. The zero-order valence-electron chi connectivity index (χ0n) is 11.6. The van der Waals surface area contributed by atoms with Crippen LogP contribution in [-0.2, 0) is 0 Å². The lowest BCUT2D eigenvalue weighted by Crippen LogP contribution is -2.23. The molecule has 0 spiro atoms. The minimum Gasteiger partial charge on any atom is -0.290 e. The van der Waals surface area contributed by atoms with Crippen LogP contribution >= 0.6 is 0 Å². The van der Waals surface area contributed by atoms with Gasteiger partial charge in [0.05, 0.1) is 6.04 Å². The molecule has 2 atom stereocenters. The number of halogens is 1. The van der Waals surface area contributed by atoms with Gasteiger partial charge in [0.25, 0.3) is 0 Å². The average molecular weight is 285 g/mol. The van der Waals surface area contributed by atoms with E-state index in [0.29, 0.717) is 12.2 Å². The fourth-order valence-electron chi connectivity index (χ4n) is 3.09. The highest BCUT2D eigenvalue weighted by atomic mass is 19.1. The monoisotopic (exact) mass is 285 g/mol. The average Bonchev–Trinajstić information content (AvgIpc) is 2.99. The maximum absolute atomic E-state index is 14.2. The Morgan fingerprint density at radius 3 is 2.67 bits per heavy atom. The van der Waals surface area contributed by atoms with Crippen LogP contribution in [-0.4, -0.2) is 20.5 Å². The molecule has 1 aliphatic heterocycles. The predicted octanol–water partition coefficient (Wildman–Crippen LogP) is 3.26. The fraction of sp³-hybridized carbons (Fsp3) is 0.438. The molecule has 1 aliphatic carbocycles. The van der Waals surface area contributed by atoms with E-state index in [1.165, 1.54) is 0 Å². The summed E-state index contributed by atoms with van der Waals surface area (Å²) < 4.78 is 15.8. The van der Waals surface area contributed by atoms with Crippen molar-refractivity contribution in [2.45, 2.75) is 37.9 Å². The number of fused-ring (bicyclic) bond motifs is 1. The number of carbonyl (C=O) groups excluding carboxylic acids is 1. The summed E-state index contributed by atoms with van der Waals surface area (Å²) in [6, 6.07) is 9.55. The highest BCUT2D eigenvalue weighted by Gasteiger charge is 2.38. The minimum atomic E-state index is -1.15. The molecule has 0 saturated heterocycles. The van der Waals surface area contributed by atoms with Crippen molar-refractivity contribution in [2.24, 2.45) is 5.92 Å². The minimum absolute atomic E-state index is 0.0258. The Bertz CT molecular complexity index is 678. The van der Waals surface area contributed by atoms with E-state index in [4.69, 9.17) is 0 Å². The van der Waals surface area contributed by atoms with Gasteiger partial charge in [-0.2, -0.15) is 0 Å². The summed E-state index contributed by atoms with van der Waals surface area (Å²) in [7, 11) is 0. The summed E-state index contributed by atoms with van der Waals surface area (Å²) in [5.41, 5.74) is 1.01. The normalized spacial score (nSPS) is 24.6. The van der Waals surface area contributed by atoms with Gasteiger partial charge in [-0.05, 0) is 18.4 Å². The molecule has 5 heteroatoms. The molecule has 0 bridgehead atoms. The fourth-order valence-corrected chi connectivity index (χ4v) is 3.09. The lowest BCUT2D eigenvalue weighted by molar-refractivity contribution is 0.0843. The summed E-state index contributed by atoms with van der Waals surface area (Å²) in [5, 5.41) is 4.32. The molecule has 108 valence electrons. The second-order valence-electron chi connectivity index (χ2n) is 5.86. The summed E-state index contributed by atoms with van der Waals surface area (Å²) >= 11 is 0. The van der Waals surface area contributed by atoms with Gasteiger partial charge >= 0.3 is 0 Å². The Hall–Kier alpha value is -2.04. The van der Waals surface area contributed by atoms with Crippen LogP contribution in [0.15, 0.2) is 30.3 Å². The summed E-state index contributed by atoms with van der Waals surface area (Å²) in [6.45, 7) is 0. The number of Topliss-reactive ketones (excluding diaryl/α,β-unsaturated/α-hetero) is 1. The summed E-state index contributed by atoms with van der Waals surface area (Å²) in [6.07, 6.45) is 2.10. The van der Waals surface area contributed by atoms with Crippen molar-refractivity contribution in [3.8, 4) is 0 Å². The molecular formula is C16H16FN3O. The van der Waals surface area contributed by atoms with Crippen LogP contribution < -0.4 is 0 Å². The molecule has 1 aromatic heterocycles. The quantitative estimate of drug-likeness (QED) is 0.813. The van der Waals surface area contributed by atoms with E-state index in [9.17, 15) is 9.18 Å². The standard InChI is InChI=1S/C16H16FN3O/c17-12-9-13(10-5-2-1-3-6-10)20-16(12)18-15(19-20)14(21)11-7-4-8-11/h1-3,5-6,11-13H,4,7-9H2/t12-,13-/m0/s1. The molecule has 2 aromatic rings. The van der Waals surface area contributed by atoms with Crippen molar-refractivity contribution in [3.05, 3.63) is 47.5 Å². The Morgan fingerprint density at radius 1 is 1.24 bits per heavy atom. The van der Waals surface area contributed by atoms with Crippen molar-refractivity contribution in [3.63, 3.8) is 0 Å². The van der Waals surface area contributed by atoms with Gasteiger partial charge in [0.1, 0.15) is 0 Å². The molecule has 4 rings (SSSR count). The number of alkyl halides is 1. The SMILES string of the molecule is O=C(c1nc2n(n1)[C@H](c1ccccc1)C[C@@H]2F)C1CCC1. The molecule has 2 heterocycles. The van der Waals surface area contributed by atoms with E-state index in [1.54, 1.807) is 4.68 Å². The van der Waals surface area contributed by atoms with Crippen LogP contribution in [0.3, 0.4) is 0 Å². The number of rotatable bonds is 3. The predicted molar refractivity (Wildman–Crippen MR) is 74.7 cm³/mol. The second-order valence-corrected chi connectivity index (χ2v) is 5.86. The van der Waals surface area contributed by atoms with Crippen LogP contribution in [0, 0.1) is 5.92 Å². The van der Waals surface area contributed by atoms with Gasteiger partial charge in [-0.15, -0.1) is 5.10 Å². The van der Waals surface area contributed by atoms with E-state index in [2.05, 4.69) is 10.1 Å². The van der Waals surface area contributed by atoms with Crippen molar-refractivity contribution in [1.29, 1.82) is 0 Å². The zero-order chi connectivity index (χ0) is 14.4. The summed E-state index contributed by atoms with van der Waals surface area (Å²) in [4.78, 5) is 16.4. The van der Waals surface area contributed by atoms with Crippen molar-refractivity contribution in [1.82, 2.24) is 14.8 Å². The topological polar surface area (TPSA) is 47.8 Å². The van der Waals surface area contributed by atoms with Gasteiger partial charge in [-0.3, -0.25) is 4.79 Å². The molecule has 1 saturated carbocycles. The van der Waals surface area contributed by atoms with E-state index >= 15 is 0 Å². The third kappa shape index (κ3) is 1.99. The van der Waals surface area contributed by atoms with Crippen LogP contribution in [0.1, 0.15) is 59.9 Å². The van der Waals surface area contributed by atoms with Crippen molar-refractivity contribution < 1.29 is 9.18 Å². The molecule has 0 unspecified atom stereocenters. The number of aromatic nitrogens is 3. The number of hydrogen-bond donors (Lipinski definition) is 0. The largest absolute Gasteiger partial charge is 0.290 e. The Labute approximate surface area is 122 Å².